The molecule has 0 spiro atoms. The number of nitrogens with zero attached hydrogens (tertiary/aromatic N) is 1. The number of hydrogen-bond donors (Lipinski definition) is 2. The van der Waals surface area contributed by atoms with Gasteiger partial charge in [0, 0.05) is 29.6 Å². The molecule has 1 aliphatic heterocycles. The highest BCUT2D eigenvalue weighted by Crippen LogP contribution is 2.38. The average Bonchev–Trinajstić information content (AvgIpc) is 2.98. The van der Waals surface area contributed by atoms with E-state index in [1.165, 1.54) is 4.90 Å². The van der Waals surface area contributed by atoms with Crippen LogP contribution in [0.4, 0.5) is 5.69 Å². The molecule has 2 aromatic rings. The van der Waals surface area contributed by atoms with Gasteiger partial charge in [0.25, 0.3) is 0 Å². The molecule has 0 bridgehead atoms. The summed E-state index contributed by atoms with van der Waals surface area (Å²) in [4.78, 5) is 26.9. The lowest BCUT2D eigenvalue weighted by Gasteiger charge is -2.23. The van der Waals surface area contributed by atoms with E-state index >= 15 is 0 Å². The van der Waals surface area contributed by atoms with Crippen LogP contribution in [0.25, 0.3) is 10.9 Å². The first-order valence-electron chi connectivity index (χ1n) is 10.0. The molecule has 1 amide bonds. The van der Waals surface area contributed by atoms with Gasteiger partial charge in [-0.25, -0.2) is 4.79 Å². The second-order valence-corrected chi connectivity index (χ2v) is 8.41. The zero-order valence-corrected chi connectivity index (χ0v) is 18.4. The molecule has 1 fully saturated rings. The number of amides is 1. The second kappa shape index (κ2) is 9.54. The van der Waals surface area contributed by atoms with Crippen molar-refractivity contribution in [3.63, 3.8) is 0 Å². The van der Waals surface area contributed by atoms with Crippen LogP contribution in [-0.2, 0) is 16.6 Å². The summed E-state index contributed by atoms with van der Waals surface area (Å²) in [6, 6.07) is 3.72. The molecular formula is C21H30N3O4S+. The lowest BCUT2D eigenvalue weighted by molar-refractivity contribution is -0.895. The van der Waals surface area contributed by atoms with Crippen LogP contribution in [0.2, 0.25) is 0 Å². The number of fused-ring (bicyclic) bond motifs is 1. The number of anilines is 1. The van der Waals surface area contributed by atoms with Crippen molar-refractivity contribution in [1.82, 2.24) is 4.57 Å². The van der Waals surface area contributed by atoms with Crippen molar-refractivity contribution < 1.29 is 24.0 Å². The van der Waals surface area contributed by atoms with E-state index in [1.54, 1.807) is 14.0 Å². The van der Waals surface area contributed by atoms with E-state index in [4.69, 9.17) is 9.47 Å². The molecule has 7 nitrogen and oxygen atoms in total. The van der Waals surface area contributed by atoms with Gasteiger partial charge >= 0.3 is 5.97 Å². The molecule has 2 heterocycles. The number of thioether (sulfide) groups is 1. The van der Waals surface area contributed by atoms with Gasteiger partial charge in [-0.15, -0.1) is 0 Å². The molecule has 1 aromatic heterocycles. The van der Waals surface area contributed by atoms with Gasteiger partial charge in [-0.2, -0.15) is 11.8 Å². The molecule has 8 heteroatoms. The van der Waals surface area contributed by atoms with Crippen molar-refractivity contribution in [2.75, 3.05) is 50.2 Å². The molecule has 0 atom stereocenters. The van der Waals surface area contributed by atoms with E-state index < -0.39 is 5.97 Å². The fraction of sp³-hybridized carbons (Fsp3) is 0.524. The van der Waals surface area contributed by atoms with Crippen LogP contribution in [0.3, 0.4) is 0 Å². The van der Waals surface area contributed by atoms with E-state index in [9.17, 15) is 9.59 Å². The van der Waals surface area contributed by atoms with Gasteiger partial charge in [0.05, 0.1) is 56.5 Å². The zero-order chi connectivity index (χ0) is 21.0. The average molecular weight is 421 g/mol. The Morgan fingerprint density at radius 2 is 2.00 bits per heavy atom. The van der Waals surface area contributed by atoms with Crippen molar-refractivity contribution in [2.45, 2.75) is 20.3 Å². The van der Waals surface area contributed by atoms with Crippen molar-refractivity contribution >= 4 is 40.2 Å². The number of rotatable bonds is 7. The third-order valence-corrected chi connectivity index (χ3v) is 6.48. The van der Waals surface area contributed by atoms with Crippen LogP contribution < -0.4 is 15.0 Å². The molecule has 1 aliphatic rings. The molecular weight excluding hydrogens is 390 g/mol. The monoisotopic (exact) mass is 420 g/mol. The Morgan fingerprint density at radius 3 is 2.66 bits per heavy atom. The summed E-state index contributed by atoms with van der Waals surface area (Å²) in [5.74, 6) is 2.36. The predicted molar refractivity (Wildman–Crippen MR) is 116 cm³/mol. The maximum atomic E-state index is 12.8. The summed E-state index contributed by atoms with van der Waals surface area (Å²) < 4.78 is 12.7. The largest absolute Gasteiger partial charge is 0.495 e. The van der Waals surface area contributed by atoms with E-state index in [0.29, 0.717) is 28.8 Å². The number of methoxy groups -OCH3 is 1. The Labute approximate surface area is 175 Å². The van der Waals surface area contributed by atoms with E-state index in [0.717, 1.165) is 42.4 Å². The summed E-state index contributed by atoms with van der Waals surface area (Å²) in [6.07, 6.45) is 0.431. The predicted octanol–water partition coefficient (Wildman–Crippen LogP) is 1.63. The molecule has 29 heavy (non-hydrogen) atoms. The summed E-state index contributed by atoms with van der Waals surface area (Å²) in [5.41, 5.74) is 2.64. The lowest BCUT2D eigenvalue weighted by atomic mass is 10.1. The highest BCUT2D eigenvalue weighted by molar-refractivity contribution is 7.99. The minimum atomic E-state index is -0.394. The summed E-state index contributed by atoms with van der Waals surface area (Å²) in [6.45, 7) is 6.95. The van der Waals surface area contributed by atoms with Crippen LogP contribution in [0.5, 0.6) is 5.75 Å². The summed E-state index contributed by atoms with van der Waals surface area (Å²) >= 11 is 1.97. The summed E-state index contributed by atoms with van der Waals surface area (Å²) in [7, 11) is 3.46. The normalized spacial score (nSPS) is 14.8. The van der Waals surface area contributed by atoms with Crippen LogP contribution in [0.15, 0.2) is 12.1 Å². The maximum absolute atomic E-state index is 12.8. The SMILES string of the molecule is CCOC(=O)c1c(C)n(C)c2ccc(OC)c(NC(=O)CC[NH+]3CCSCC3)c12. The van der Waals surface area contributed by atoms with Gasteiger partial charge in [-0.1, -0.05) is 0 Å². The number of nitrogens with one attached hydrogen (secondary N) is 2. The minimum absolute atomic E-state index is 0.0714. The third-order valence-electron chi connectivity index (χ3n) is 5.49. The van der Waals surface area contributed by atoms with Crippen molar-refractivity contribution in [1.29, 1.82) is 0 Å². The number of quaternary nitrogens is 1. The highest BCUT2D eigenvalue weighted by atomic mass is 32.2. The Morgan fingerprint density at radius 1 is 1.28 bits per heavy atom. The Kier molecular flexibility index (Phi) is 7.08. The molecule has 0 radical (unpaired) electrons. The van der Waals surface area contributed by atoms with Gasteiger partial charge in [-0.3, -0.25) is 4.79 Å². The lowest BCUT2D eigenvalue weighted by Crippen LogP contribution is -3.13. The van der Waals surface area contributed by atoms with Crippen molar-refractivity contribution in [3.05, 3.63) is 23.4 Å². The molecule has 0 saturated carbocycles. The number of aromatic nitrogens is 1. The first-order chi connectivity index (χ1) is 14.0. The molecule has 0 unspecified atom stereocenters. The van der Waals surface area contributed by atoms with Gasteiger partial charge in [0.2, 0.25) is 5.91 Å². The topological polar surface area (TPSA) is 74.0 Å². The molecule has 1 aromatic carbocycles. The third kappa shape index (κ3) is 4.53. The highest BCUT2D eigenvalue weighted by Gasteiger charge is 2.25. The standard InChI is InChI=1S/C21H29N3O4S/c1-5-28-21(26)18-14(2)23(3)15-6-7-16(27-4)20(19(15)18)22-17(25)8-9-24-10-12-29-13-11-24/h6-7H,5,8-13H2,1-4H3,(H,22,25)/p+1. The number of ether oxygens (including phenoxy) is 2. The zero-order valence-electron chi connectivity index (χ0n) is 17.6. The summed E-state index contributed by atoms with van der Waals surface area (Å²) in [5, 5.41) is 3.68. The Bertz CT molecular complexity index is 903. The van der Waals surface area contributed by atoms with Crippen molar-refractivity contribution in [2.24, 2.45) is 7.05 Å². The van der Waals surface area contributed by atoms with Crippen LogP contribution >= 0.6 is 11.8 Å². The molecule has 158 valence electrons. The van der Waals surface area contributed by atoms with Gasteiger partial charge in [0.15, 0.2) is 0 Å². The number of hydrogen-bond acceptors (Lipinski definition) is 5. The number of carbonyl (C=O) groups excluding carboxylic acids is 2. The fourth-order valence-corrected chi connectivity index (χ4v) is 4.85. The van der Waals surface area contributed by atoms with Crippen LogP contribution in [0, 0.1) is 6.92 Å². The van der Waals surface area contributed by atoms with E-state index in [-0.39, 0.29) is 12.5 Å². The molecule has 0 aliphatic carbocycles. The van der Waals surface area contributed by atoms with Crippen molar-refractivity contribution in [3.8, 4) is 5.75 Å². The minimum Gasteiger partial charge on any atom is -0.495 e. The fourth-order valence-electron chi connectivity index (χ4n) is 3.78. The molecule has 3 rings (SSSR count). The quantitative estimate of drug-likeness (QED) is 0.666. The van der Waals surface area contributed by atoms with E-state index in [2.05, 4.69) is 5.32 Å². The van der Waals surface area contributed by atoms with Crippen LogP contribution in [-0.4, -0.2) is 61.3 Å². The molecule has 2 N–H and O–H groups in total. The van der Waals surface area contributed by atoms with E-state index in [1.807, 2.05) is 42.4 Å². The number of esters is 1. The van der Waals surface area contributed by atoms with Crippen LogP contribution in [0.1, 0.15) is 29.4 Å². The smallest absolute Gasteiger partial charge is 0.340 e. The first kappa shape index (κ1) is 21.5. The van der Waals surface area contributed by atoms with Gasteiger partial charge in [0.1, 0.15) is 5.75 Å². The number of benzene rings is 1. The molecule has 1 saturated heterocycles. The van der Waals surface area contributed by atoms with Gasteiger partial charge < -0.3 is 24.3 Å². The first-order valence-corrected chi connectivity index (χ1v) is 11.2. The van der Waals surface area contributed by atoms with Gasteiger partial charge in [-0.05, 0) is 26.0 Å². The number of aryl methyl sites for hydroxylation is 1. The number of carbonyl (C=O) groups is 2. The second-order valence-electron chi connectivity index (χ2n) is 7.19. The maximum Gasteiger partial charge on any atom is 0.340 e. The Balaban J connectivity index is 1.93. The Hall–Kier alpha value is -2.19.